The van der Waals surface area contributed by atoms with Crippen molar-refractivity contribution in [3.05, 3.63) is 47.5 Å². The van der Waals surface area contributed by atoms with Gasteiger partial charge in [0.05, 0.1) is 5.60 Å². The second kappa shape index (κ2) is 3.33. The van der Waals surface area contributed by atoms with Crippen LogP contribution in [0.2, 0.25) is 0 Å². The van der Waals surface area contributed by atoms with Gasteiger partial charge >= 0.3 is 0 Å². The lowest BCUT2D eigenvalue weighted by Crippen LogP contribution is -2.10. The molecule has 1 N–H and O–H groups in total. The first-order chi connectivity index (χ1) is 7.68. The second-order valence-corrected chi connectivity index (χ2v) is 4.99. The van der Waals surface area contributed by atoms with Crippen LogP contribution in [0.3, 0.4) is 0 Å². The molecule has 0 amide bonds. The molecule has 0 bridgehead atoms. The van der Waals surface area contributed by atoms with Gasteiger partial charge < -0.3 is 5.11 Å². The van der Waals surface area contributed by atoms with Gasteiger partial charge in [-0.25, -0.2) is 0 Å². The molecule has 16 heavy (non-hydrogen) atoms. The average Bonchev–Trinajstić information content (AvgIpc) is 3.01. The van der Waals surface area contributed by atoms with Crippen LogP contribution in [0.4, 0.5) is 0 Å². The highest BCUT2D eigenvalue weighted by Gasteiger charge is 2.40. The number of hydrogen-bond acceptors (Lipinski definition) is 1. The van der Waals surface area contributed by atoms with E-state index < -0.39 is 5.60 Å². The summed E-state index contributed by atoms with van der Waals surface area (Å²) in [6.45, 7) is 2.14. The molecule has 0 heterocycles. The average molecular weight is 212 g/mol. The number of hydrogen-bond donors (Lipinski definition) is 1. The summed E-state index contributed by atoms with van der Waals surface area (Å²) in [5.74, 6) is 0. The van der Waals surface area contributed by atoms with Crippen molar-refractivity contribution in [2.45, 2.75) is 31.8 Å². The Morgan fingerprint density at radius 3 is 2.44 bits per heavy atom. The summed E-state index contributed by atoms with van der Waals surface area (Å²) in [5.41, 5.74) is 2.18. The number of rotatable bonds is 2. The summed E-state index contributed by atoms with van der Waals surface area (Å²) in [7, 11) is 0. The highest BCUT2D eigenvalue weighted by Crippen LogP contribution is 2.39. The molecule has 0 atom stereocenters. The molecule has 0 unspecified atom stereocenters. The minimum Gasteiger partial charge on any atom is -0.390 e. The Bertz CT molecular complexity index is 538. The fourth-order valence-electron chi connectivity index (χ4n) is 2.34. The molecule has 1 aliphatic carbocycles. The lowest BCUT2D eigenvalue weighted by molar-refractivity contribution is 0.151. The smallest absolute Gasteiger partial charge is 0.0690 e. The quantitative estimate of drug-likeness (QED) is 0.810. The van der Waals surface area contributed by atoms with E-state index in [2.05, 4.69) is 43.3 Å². The summed E-state index contributed by atoms with van der Waals surface area (Å²) < 4.78 is 0. The Labute approximate surface area is 95.7 Å². The van der Waals surface area contributed by atoms with Crippen LogP contribution in [0.1, 0.15) is 24.0 Å². The summed E-state index contributed by atoms with van der Waals surface area (Å²) in [5, 5.41) is 12.6. The van der Waals surface area contributed by atoms with Crippen LogP contribution in [-0.2, 0) is 6.42 Å². The van der Waals surface area contributed by atoms with Crippen molar-refractivity contribution < 1.29 is 5.11 Å². The number of aliphatic hydroxyl groups is 1. The van der Waals surface area contributed by atoms with Crippen LogP contribution in [0.15, 0.2) is 36.4 Å². The van der Waals surface area contributed by atoms with Gasteiger partial charge in [0.2, 0.25) is 0 Å². The molecule has 0 aliphatic heterocycles. The van der Waals surface area contributed by atoms with Crippen LogP contribution < -0.4 is 0 Å². The molecular formula is C15H16O. The first-order valence-electron chi connectivity index (χ1n) is 5.88. The summed E-state index contributed by atoms with van der Waals surface area (Å²) >= 11 is 0. The summed E-state index contributed by atoms with van der Waals surface area (Å²) in [6, 6.07) is 12.8. The maximum Gasteiger partial charge on any atom is 0.0690 e. The fourth-order valence-corrected chi connectivity index (χ4v) is 2.34. The third-order valence-electron chi connectivity index (χ3n) is 3.58. The van der Waals surface area contributed by atoms with Crippen LogP contribution in [0.25, 0.3) is 10.8 Å². The van der Waals surface area contributed by atoms with Gasteiger partial charge in [-0.15, -0.1) is 0 Å². The van der Waals surface area contributed by atoms with Gasteiger partial charge in [-0.2, -0.15) is 0 Å². The van der Waals surface area contributed by atoms with Crippen molar-refractivity contribution in [1.82, 2.24) is 0 Å². The molecule has 3 rings (SSSR count). The lowest BCUT2D eigenvalue weighted by atomic mass is 9.96. The third kappa shape index (κ3) is 1.61. The maximum atomic E-state index is 10.0. The molecule has 1 saturated carbocycles. The predicted molar refractivity (Wildman–Crippen MR) is 66.6 cm³/mol. The predicted octanol–water partition coefficient (Wildman–Crippen LogP) is 3.22. The van der Waals surface area contributed by atoms with Crippen LogP contribution in [0.5, 0.6) is 0 Å². The van der Waals surface area contributed by atoms with Gasteiger partial charge in [-0.3, -0.25) is 0 Å². The fraction of sp³-hybridized carbons (Fsp3) is 0.333. The van der Waals surface area contributed by atoms with Crippen molar-refractivity contribution in [1.29, 1.82) is 0 Å². The Hall–Kier alpha value is -1.34. The normalized spacial score (nSPS) is 17.6. The van der Waals surface area contributed by atoms with Crippen molar-refractivity contribution >= 4 is 10.8 Å². The lowest BCUT2D eigenvalue weighted by Gasteiger charge is -2.12. The standard InChI is InChI=1S/C15H16O/c1-11-6-7-12(10-15(16)8-9-15)14-5-3-2-4-13(11)14/h2-7,16H,8-10H2,1H3. The van der Waals surface area contributed by atoms with Gasteiger partial charge in [0.25, 0.3) is 0 Å². The molecule has 0 radical (unpaired) electrons. The minimum absolute atomic E-state index is 0.405. The Kier molecular flexibility index (Phi) is 2.05. The van der Waals surface area contributed by atoms with Gasteiger partial charge in [0.15, 0.2) is 0 Å². The van der Waals surface area contributed by atoms with E-state index in [1.165, 1.54) is 21.9 Å². The minimum atomic E-state index is -0.405. The molecule has 1 aliphatic rings. The van der Waals surface area contributed by atoms with Gasteiger partial charge in [0.1, 0.15) is 0 Å². The highest BCUT2D eigenvalue weighted by atomic mass is 16.3. The number of aryl methyl sites for hydroxylation is 1. The molecule has 2 aromatic carbocycles. The van der Waals surface area contributed by atoms with E-state index in [0.717, 1.165) is 19.3 Å². The molecule has 0 aromatic heterocycles. The molecule has 0 spiro atoms. The zero-order valence-electron chi connectivity index (χ0n) is 9.53. The maximum absolute atomic E-state index is 10.0. The van der Waals surface area contributed by atoms with Crippen LogP contribution >= 0.6 is 0 Å². The van der Waals surface area contributed by atoms with Crippen molar-refractivity contribution in [2.24, 2.45) is 0 Å². The number of benzene rings is 2. The van der Waals surface area contributed by atoms with Crippen molar-refractivity contribution in [3.8, 4) is 0 Å². The van der Waals surface area contributed by atoms with Gasteiger partial charge in [0, 0.05) is 6.42 Å². The first-order valence-corrected chi connectivity index (χ1v) is 5.88. The molecule has 0 saturated heterocycles. The van der Waals surface area contributed by atoms with Crippen LogP contribution in [-0.4, -0.2) is 10.7 Å². The van der Waals surface area contributed by atoms with E-state index in [1.807, 2.05) is 0 Å². The zero-order valence-corrected chi connectivity index (χ0v) is 9.53. The second-order valence-electron chi connectivity index (χ2n) is 4.99. The zero-order chi connectivity index (χ0) is 11.2. The van der Waals surface area contributed by atoms with E-state index >= 15 is 0 Å². The Balaban J connectivity index is 2.14. The van der Waals surface area contributed by atoms with E-state index in [9.17, 15) is 5.11 Å². The van der Waals surface area contributed by atoms with E-state index in [1.54, 1.807) is 0 Å². The molecule has 82 valence electrons. The molecule has 2 aromatic rings. The van der Waals surface area contributed by atoms with E-state index in [4.69, 9.17) is 0 Å². The van der Waals surface area contributed by atoms with Gasteiger partial charge in [-0.05, 0) is 41.7 Å². The molecular weight excluding hydrogens is 196 g/mol. The third-order valence-corrected chi connectivity index (χ3v) is 3.58. The topological polar surface area (TPSA) is 20.2 Å². The van der Waals surface area contributed by atoms with Crippen LogP contribution in [0, 0.1) is 6.92 Å². The summed E-state index contributed by atoms with van der Waals surface area (Å²) in [6.07, 6.45) is 2.71. The Morgan fingerprint density at radius 2 is 1.75 bits per heavy atom. The molecule has 1 fully saturated rings. The van der Waals surface area contributed by atoms with E-state index in [-0.39, 0.29) is 0 Å². The SMILES string of the molecule is Cc1ccc(CC2(O)CC2)c2ccccc12. The molecule has 1 nitrogen and oxygen atoms in total. The summed E-state index contributed by atoms with van der Waals surface area (Å²) in [4.78, 5) is 0. The largest absolute Gasteiger partial charge is 0.390 e. The van der Waals surface area contributed by atoms with Crippen molar-refractivity contribution in [3.63, 3.8) is 0 Å². The number of fused-ring (bicyclic) bond motifs is 1. The Morgan fingerprint density at radius 1 is 1.06 bits per heavy atom. The monoisotopic (exact) mass is 212 g/mol. The highest BCUT2D eigenvalue weighted by molar-refractivity contribution is 5.88. The van der Waals surface area contributed by atoms with E-state index in [0.29, 0.717) is 0 Å². The van der Waals surface area contributed by atoms with Crippen molar-refractivity contribution in [2.75, 3.05) is 0 Å². The first kappa shape index (κ1) is 9.86. The van der Waals surface area contributed by atoms with Gasteiger partial charge in [-0.1, -0.05) is 36.4 Å². The molecule has 1 heteroatoms.